The number of ether oxygens (including phenoxy) is 2. The van der Waals surface area contributed by atoms with Crippen LogP contribution in [-0.4, -0.2) is 35.9 Å². The molecular weight excluding hydrogens is 474 g/mol. The summed E-state index contributed by atoms with van der Waals surface area (Å²) in [5, 5.41) is 8.46. The molecule has 0 radical (unpaired) electrons. The van der Waals surface area contributed by atoms with Crippen LogP contribution < -0.4 is 31.7 Å². The molecule has 4 rings (SSSR count). The van der Waals surface area contributed by atoms with E-state index in [9.17, 15) is 9.70 Å². The van der Waals surface area contributed by atoms with Gasteiger partial charge in [0.1, 0.15) is 5.49 Å². The van der Waals surface area contributed by atoms with E-state index in [2.05, 4.69) is 27.8 Å². The summed E-state index contributed by atoms with van der Waals surface area (Å²) in [4.78, 5) is 29.1. The molecule has 2 heterocycles. The highest BCUT2D eigenvalue weighted by Crippen LogP contribution is 2.37. The minimum atomic E-state index is -0.204. The van der Waals surface area contributed by atoms with Gasteiger partial charge in [-0.05, 0) is 56.0 Å². The number of hydrogen-bond donors (Lipinski definition) is 2. The fraction of sp³-hybridized carbons (Fsp3) is 0.346. The second kappa shape index (κ2) is 10.7. The smallest absolute Gasteiger partial charge is 0.330 e. The van der Waals surface area contributed by atoms with E-state index in [0.29, 0.717) is 30.0 Å². The fourth-order valence-corrected chi connectivity index (χ4v) is 4.80. The van der Waals surface area contributed by atoms with Crippen LogP contribution in [0.5, 0.6) is 11.5 Å². The maximum atomic E-state index is 13.8. The number of rotatable bonds is 7. The van der Waals surface area contributed by atoms with Crippen LogP contribution in [0.3, 0.4) is 0 Å². The summed E-state index contributed by atoms with van der Waals surface area (Å²) in [5.74, 6) is 1.12. The molecule has 194 valence electrons. The molecule has 0 saturated carbocycles. The highest BCUT2D eigenvalue weighted by Gasteiger charge is 2.22. The molecule has 2 aromatic carbocycles. The lowest BCUT2D eigenvalue weighted by molar-refractivity contribution is 0.354. The number of hydrogen-bond acceptors (Lipinski definition) is 6. The van der Waals surface area contributed by atoms with E-state index in [0.717, 1.165) is 39.2 Å². The minimum Gasteiger partial charge on any atom is -0.493 e. The van der Waals surface area contributed by atoms with Crippen LogP contribution in [0.4, 0.5) is 5.69 Å². The number of nitroso groups, excluding NO2 is 1. The van der Waals surface area contributed by atoms with Crippen molar-refractivity contribution in [2.45, 2.75) is 40.3 Å². The Bertz CT molecular complexity index is 1500. The molecule has 37 heavy (non-hydrogen) atoms. The highest BCUT2D eigenvalue weighted by atomic mass is 16.5. The van der Waals surface area contributed by atoms with Crippen LogP contribution in [0.2, 0.25) is 0 Å². The van der Waals surface area contributed by atoms with Gasteiger partial charge in [0.25, 0.3) is 0 Å². The Morgan fingerprint density at radius 1 is 1.05 bits per heavy atom. The van der Waals surface area contributed by atoms with E-state index in [-0.39, 0.29) is 24.7 Å². The summed E-state index contributed by atoms with van der Waals surface area (Å²) >= 11 is 0. The van der Waals surface area contributed by atoms with Gasteiger partial charge < -0.3 is 20.5 Å². The van der Waals surface area contributed by atoms with Gasteiger partial charge in [-0.3, -0.25) is 9.13 Å². The molecule has 0 spiro atoms. The van der Waals surface area contributed by atoms with Crippen molar-refractivity contribution in [3.63, 3.8) is 0 Å². The van der Waals surface area contributed by atoms with Crippen LogP contribution in [0.15, 0.2) is 50.5 Å². The lowest BCUT2D eigenvalue weighted by atomic mass is 9.97. The molecule has 11 heteroatoms. The van der Waals surface area contributed by atoms with Gasteiger partial charge in [-0.1, -0.05) is 22.8 Å². The molecule has 0 aliphatic carbocycles. The molecule has 1 aromatic heterocycles. The van der Waals surface area contributed by atoms with Crippen molar-refractivity contribution in [1.82, 2.24) is 14.5 Å². The summed E-state index contributed by atoms with van der Waals surface area (Å²) < 4.78 is 14.4. The average molecular weight is 506 g/mol. The second-order valence-electron chi connectivity index (χ2n) is 8.94. The van der Waals surface area contributed by atoms with E-state index < -0.39 is 0 Å². The Hall–Kier alpha value is -4.41. The van der Waals surface area contributed by atoms with Gasteiger partial charge in [0.2, 0.25) is 5.96 Å². The Morgan fingerprint density at radius 3 is 2.38 bits per heavy atom. The number of guanidine groups is 1. The number of fused-ring (bicyclic) bond motifs is 3. The van der Waals surface area contributed by atoms with Gasteiger partial charge in [0.15, 0.2) is 11.5 Å². The molecule has 0 atom stereocenters. The molecule has 1 aliphatic rings. The Balaban J connectivity index is 1.94. The van der Waals surface area contributed by atoms with Crippen LogP contribution in [0.25, 0.3) is 11.3 Å². The average Bonchev–Trinajstić information content (AvgIpc) is 2.86. The lowest BCUT2D eigenvalue weighted by Gasteiger charge is -2.24. The summed E-state index contributed by atoms with van der Waals surface area (Å²) in [6, 6.07) is 9.92. The molecule has 3 N–H and O–H groups in total. The number of methoxy groups -OCH3 is 2. The van der Waals surface area contributed by atoms with Crippen molar-refractivity contribution in [3.8, 4) is 22.8 Å². The van der Waals surface area contributed by atoms with Crippen molar-refractivity contribution < 1.29 is 9.47 Å². The molecular formula is C26H31N7O4. The summed E-state index contributed by atoms with van der Waals surface area (Å²) in [6.45, 7) is 7.05. The van der Waals surface area contributed by atoms with Crippen LogP contribution in [0.1, 0.15) is 22.3 Å². The predicted molar refractivity (Wildman–Crippen MR) is 142 cm³/mol. The number of aryl methyl sites for hydroxylation is 4. The molecule has 11 nitrogen and oxygen atoms in total. The normalized spacial score (nSPS) is 13.1. The third-order valence-corrected chi connectivity index (χ3v) is 6.44. The lowest BCUT2D eigenvalue weighted by Crippen LogP contribution is -2.45. The standard InChI is InChI=1S/C26H31N7O4/c1-15-10-16(2)24(17(3)11-15)29-23-14-20-19-13-22(37-5)21(36-4)12-18(19)6-8-32(20)26(34)33(23)9-7-28-25(27)30-31-35/h10-14H,6-9H2,1-5H3,(H3,27,28,30,35)/b29-23+. The zero-order valence-corrected chi connectivity index (χ0v) is 21.7. The monoisotopic (exact) mass is 505 g/mol. The first-order valence-corrected chi connectivity index (χ1v) is 11.9. The molecule has 0 fully saturated rings. The zero-order chi connectivity index (χ0) is 26.7. The summed E-state index contributed by atoms with van der Waals surface area (Å²) in [7, 11) is 3.19. The SMILES string of the molecule is COc1cc2c(cc1OC)-c1c/c(=N\c3c(C)cc(C)cc3C)n(CCN/C(N)=N/N=O)c(=O)n1CC2. The number of nitrogens with one attached hydrogen (secondary N) is 1. The van der Waals surface area contributed by atoms with E-state index in [4.69, 9.17) is 20.2 Å². The van der Waals surface area contributed by atoms with Gasteiger partial charge in [0.05, 0.1) is 30.9 Å². The van der Waals surface area contributed by atoms with Gasteiger partial charge in [-0.2, -0.15) is 0 Å². The van der Waals surface area contributed by atoms with Crippen LogP contribution >= 0.6 is 0 Å². The molecule has 0 unspecified atom stereocenters. The number of nitrogens with two attached hydrogens (primary N) is 1. The fourth-order valence-electron chi connectivity index (χ4n) is 4.80. The number of nitrogens with zero attached hydrogens (tertiary/aromatic N) is 5. The van der Waals surface area contributed by atoms with Crippen LogP contribution in [-0.2, 0) is 19.5 Å². The maximum Gasteiger partial charge on any atom is 0.330 e. The van der Waals surface area contributed by atoms with Crippen molar-refractivity contribution >= 4 is 11.6 Å². The molecule has 1 aliphatic heterocycles. The quantitative estimate of drug-likeness (QED) is 0.219. The van der Waals surface area contributed by atoms with Crippen molar-refractivity contribution in [3.05, 3.63) is 73.5 Å². The van der Waals surface area contributed by atoms with Crippen molar-refractivity contribution in [2.24, 2.45) is 21.1 Å². The van der Waals surface area contributed by atoms with Gasteiger partial charge in [-0.15, -0.1) is 4.91 Å². The topological polar surface area (TPSA) is 138 Å². The van der Waals surface area contributed by atoms with E-state index in [1.54, 1.807) is 23.4 Å². The van der Waals surface area contributed by atoms with E-state index >= 15 is 0 Å². The number of aromatic nitrogens is 2. The Kier molecular flexibility index (Phi) is 7.42. The largest absolute Gasteiger partial charge is 0.493 e. The summed E-state index contributed by atoms with van der Waals surface area (Å²) in [5.41, 5.74) is 12.6. The predicted octanol–water partition coefficient (Wildman–Crippen LogP) is 2.63. The van der Waals surface area contributed by atoms with Gasteiger partial charge >= 0.3 is 5.69 Å². The Labute approximate surface area is 214 Å². The van der Waals surface area contributed by atoms with Gasteiger partial charge in [-0.25, -0.2) is 9.79 Å². The first kappa shape index (κ1) is 25.7. The maximum absolute atomic E-state index is 13.8. The number of benzene rings is 2. The Morgan fingerprint density at radius 2 is 1.73 bits per heavy atom. The van der Waals surface area contributed by atoms with Crippen molar-refractivity contribution in [1.29, 1.82) is 0 Å². The molecule has 0 bridgehead atoms. The molecule has 0 saturated heterocycles. The van der Waals surface area contributed by atoms with E-state index in [1.807, 2.05) is 39.0 Å². The highest BCUT2D eigenvalue weighted by molar-refractivity contribution is 5.77. The second-order valence-corrected chi connectivity index (χ2v) is 8.94. The molecule has 0 amide bonds. The third kappa shape index (κ3) is 5.11. The zero-order valence-electron chi connectivity index (χ0n) is 21.7. The van der Waals surface area contributed by atoms with E-state index in [1.165, 1.54) is 0 Å². The first-order valence-electron chi connectivity index (χ1n) is 11.9. The summed E-state index contributed by atoms with van der Waals surface area (Å²) in [6.07, 6.45) is 0.665. The third-order valence-electron chi connectivity index (χ3n) is 6.44. The first-order chi connectivity index (χ1) is 17.8. The molecule has 3 aromatic rings. The minimum absolute atomic E-state index is 0.118. The van der Waals surface area contributed by atoms with Gasteiger partial charge in [0, 0.05) is 31.3 Å². The van der Waals surface area contributed by atoms with Crippen LogP contribution in [0, 0.1) is 25.7 Å². The van der Waals surface area contributed by atoms with Crippen molar-refractivity contribution in [2.75, 3.05) is 20.8 Å².